The molecule has 0 spiro atoms. The van der Waals surface area contributed by atoms with Crippen LogP contribution >= 0.6 is 11.6 Å². The second-order valence-corrected chi connectivity index (χ2v) is 6.35. The Kier molecular flexibility index (Phi) is 5.72. The Morgan fingerprint density at radius 2 is 2.05 bits per heavy atom. The van der Waals surface area contributed by atoms with Crippen LogP contribution in [0.3, 0.4) is 0 Å². The van der Waals surface area contributed by atoms with E-state index < -0.39 is 0 Å². The van der Waals surface area contributed by atoms with E-state index in [1.165, 1.54) is 43.2 Å². The molecule has 1 aromatic carbocycles. The summed E-state index contributed by atoms with van der Waals surface area (Å²) in [4.78, 5) is 0. The SMILES string of the molecule is CCNC1CCCCC(Cc2ccc(C)cc2Cl)C1. The standard InChI is InChI=1S/C17H26ClN/c1-3-19-16-7-5-4-6-14(12-16)11-15-9-8-13(2)10-17(15)18/h8-10,14,16,19H,3-7,11-12H2,1-2H3. The molecule has 0 bridgehead atoms. The van der Waals surface area contributed by atoms with Crippen LogP contribution in [0.15, 0.2) is 18.2 Å². The van der Waals surface area contributed by atoms with Crippen molar-refractivity contribution in [2.45, 2.75) is 58.4 Å². The molecule has 0 amide bonds. The van der Waals surface area contributed by atoms with Gasteiger partial charge in [-0.1, -0.05) is 49.9 Å². The fourth-order valence-electron chi connectivity index (χ4n) is 3.25. The maximum Gasteiger partial charge on any atom is 0.0440 e. The van der Waals surface area contributed by atoms with Crippen molar-refractivity contribution in [3.05, 3.63) is 34.3 Å². The van der Waals surface area contributed by atoms with E-state index in [0.29, 0.717) is 6.04 Å². The zero-order valence-corrected chi connectivity index (χ0v) is 13.0. The Labute approximate surface area is 122 Å². The Balaban J connectivity index is 2.00. The van der Waals surface area contributed by atoms with Crippen molar-refractivity contribution in [2.75, 3.05) is 6.54 Å². The minimum absolute atomic E-state index is 0.710. The van der Waals surface area contributed by atoms with Gasteiger partial charge in [0.05, 0.1) is 0 Å². The predicted molar refractivity (Wildman–Crippen MR) is 83.9 cm³/mol. The highest BCUT2D eigenvalue weighted by Gasteiger charge is 2.20. The summed E-state index contributed by atoms with van der Waals surface area (Å²) < 4.78 is 0. The van der Waals surface area contributed by atoms with Crippen LogP contribution in [0.1, 0.15) is 50.2 Å². The van der Waals surface area contributed by atoms with E-state index in [9.17, 15) is 0 Å². The molecule has 2 rings (SSSR count). The van der Waals surface area contributed by atoms with Crippen molar-refractivity contribution in [3.8, 4) is 0 Å². The molecule has 1 fully saturated rings. The molecule has 0 aliphatic heterocycles. The number of rotatable bonds is 4. The van der Waals surface area contributed by atoms with Crippen molar-refractivity contribution < 1.29 is 0 Å². The average Bonchev–Trinajstić information content (AvgIpc) is 2.59. The predicted octanol–water partition coefficient (Wildman–Crippen LogP) is 4.75. The van der Waals surface area contributed by atoms with Gasteiger partial charge < -0.3 is 5.32 Å². The monoisotopic (exact) mass is 279 g/mol. The summed E-state index contributed by atoms with van der Waals surface area (Å²) >= 11 is 6.37. The lowest BCUT2D eigenvalue weighted by atomic mass is 9.90. The second kappa shape index (κ2) is 7.31. The Morgan fingerprint density at radius 3 is 2.79 bits per heavy atom. The van der Waals surface area contributed by atoms with Gasteiger partial charge in [-0.3, -0.25) is 0 Å². The summed E-state index contributed by atoms with van der Waals surface area (Å²) in [7, 11) is 0. The molecular weight excluding hydrogens is 254 g/mol. The lowest BCUT2D eigenvalue weighted by Crippen LogP contribution is -2.30. The van der Waals surface area contributed by atoms with Crippen LogP contribution in [0.25, 0.3) is 0 Å². The third kappa shape index (κ3) is 4.50. The van der Waals surface area contributed by atoms with E-state index in [-0.39, 0.29) is 0 Å². The largest absolute Gasteiger partial charge is 0.314 e. The molecule has 0 radical (unpaired) electrons. The molecule has 1 aromatic rings. The zero-order valence-electron chi connectivity index (χ0n) is 12.2. The molecule has 1 aliphatic carbocycles. The van der Waals surface area contributed by atoms with Gasteiger partial charge in [0.1, 0.15) is 0 Å². The second-order valence-electron chi connectivity index (χ2n) is 5.94. The van der Waals surface area contributed by atoms with Crippen LogP contribution in [0.4, 0.5) is 0 Å². The normalized spacial score (nSPS) is 24.2. The summed E-state index contributed by atoms with van der Waals surface area (Å²) in [5.74, 6) is 0.784. The quantitative estimate of drug-likeness (QED) is 0.785. The zero-order chi connectivity index (χ0) is 13.7. The molecule has 0 aromatic heterocycles. The summed E-state index contributed by atoms with van der Waals surface area (Å²) in [6, 6.07) is 7.20. The summed E-state index contributed by atoms with van der Waals surface area (Å²) in [5.41, 5.74) is 2.58. The molecule has 1 N–H and O–H groups in total. The highest BCUT2D eigenvalue weighted by Crippen LogP contribution is 2.29. The summed E-state index contributed by atoms with van der Waals surface area (Å²) in [5, 5.41) is 4.58. The maximum absolute atomic E-state index is 6.37. The van der Waals surface area contributed by atoms with Crippen molar-refractivity contribution >= 4 is 11.6 Å². The molecule has 2 heteroatoms. The third-order valence-electron chi connectivity index (χ3n) is 4.24. The Hall–Kier alpha value is -0.530. The molecule has 1 nitrogen and oxygen atoms in total. The molecule has 106 valence electrons. The molecule has 1 saturated carbocycles. The number of halogens is 1. The van der Waals surface area contributed by atoms with Crippen molar-refractivity contribution in [3.63, 3.8) is 0 Å². The van der Waals surface area contributed by atoms with E-state index >= 15 is 0 Å². The summed E-state index contributed by atoms with van der Waals surface area (Å²) in [6.45, 7) is 5.39. The first-order valence-corrected chi connectivity index (χ1v) is 8.05. The van der Waals surface area contributed by atoms with Crippen LogP contribution in [0.2, 0.25) is 5.02 Å². The van der Waals surface area contributed by atoms with Crippen molar-refractivity contribution in [1.82, 2.24) is 5.32 Å². The lowest BCUT2D eigenvalue weighted by molar-refractivity contribution is 0.389. The minimum atomic E-state index is 0.710. The summed E-state index contributed by atoms with van der Waals surface area (Å²) in [6.07, 6.45) is 7.88. The molecule has 0 saturated heterocycles. The lowest BCUT2D eigenvalue weighted by Gasteiger charge is -2.21. The third-order valence-corrected chi connectivity index (χ3v) is 4.59. The van der Waals surface area contributed by atoms with Gasteiger partial charge in [-0.15, -0.1) is 0 Å². The number of hydrogen-bond acceptors (Lipinski definition) is 1. The molecule has 1 aliphatic rings. The van der Waals surface area contributed by atoms with Crippen LogP contribution < -0.4 is 5.32 Å². The maximum atomic E-state index is 6.37. The topological polar surface area (TPSA) is 12.0 Å². The Morgan fingerprint density at radius 1 is 1.26 bits per heavy atom. The molecule has 19 heavy (non-hydrogen) atoms. The van der Waals surface area contributed by atoms with E-state index in [2.05, 4.69) is 37.4 Å². The van der Waals surface area contributed by atoms with Gasteiger partial charge in [0.25, 0.3) is 0 Å². The first kappa shape index (κ1) is 14.9. The van der Waals surface area contributed by atoms with Crippen molar-refractivity contribution in [1.29, 1.82) is 0 Å². The number of aryl methyl sites for hydroxylation is 1. The smallest absolute Gasteiger partial charge is 0.0440 e. The van der Waals surface area contributed by atoms with Gasteiger partial charge in [-0.2, -0.15) is 0 Å². The van der Waals surface area contributed by atoms with Crippen molar-refractivity contribution in [2.24, 2.45) is 5.92 Å². The van der Waals surface area contributed by atoms with E-state index in [1.54, 1.807) is 0 Å². The number of benzene rings is 1. The number of nitrogens with one attached hydrogen (secondary N) is 1. The first-order valence-electron chi connectivity index (χ1n) is 7.67. The van der Waals surface area contributed by atoms with E-state index in [4.69, 9.17) is 11.6 Å². The highest BCUT2D eigenvalue weighted by atomic mass is 35.5. The number of hydrogen-bond donors (Lipinski definition) is 1. The van der Waals surface area contributed by atoms with E-state index in [1.807, 2.05) is 0 Å². The van der Waals surface area contributed by atoms with Gasteiger partial charge in [0.15, 0.2) is 0 Å². The van der Waals surface area contributed by atoms with Gasteiger partial charge >= 0.3 is 0 Å². The average molecular weight is 280 g/mol. The van der Waals surface area contributed by atoms with Gasteiger partial charge in [-0.05, 0) is 55.8 Å². The molecular formula is C17H26ClN. The van der Waals surface area contributed by atoms with Gasteiger partial charge in [0.2, 0.25) is 0 Å². The van der Waals surface area contributed by atoms with Gasteiger partial charge in [-0.25, -0.2) is 0 Å². The molecule has 2 unspecified atom stereocenters. The molecule has 2 atom stereocenters. The minimum Gasteiger partial charge on any atom is -0.314 e. The highest BCUT2D eigenvalue weighted by molar-refractivity contribution is 6.31. The van der Waals surface area contributed by atoms with Crippen LogP contribution in [-0.4, -0.2) is 12.6 Å². The van der Waals surface area contributed by atoms with Crippen LogP contribution in [0.5, 0.6) is 0 Å². The van der Waals surface area contributed by atoms with E-state index in [0.717, 1.165) is 23.9 Å². The molecule has 0 heterocycles. The fraction of sp³-hybridized carbons (Fsp3) is 0.647. The van der Waals surface area contributed by atoms with Crippen LogP contribution in [-0.2, 0) is 6.42 Å². The van der Waals surface area contributed by atoms with Crippen LogP contribution in [0, 0.1) is 12.8 Å². The Bertz CT molecular complexity index is 402. The van der Waals surface area contributed by atoms with Gasteiger partial charge in [0, 0.05) is 11.1 Å². The first-order chi connectivity index (χ1) is 9.19. The fourth-order valence-corrected chi connectivity index (χ4v) is 3.56.